The number of hydrogen-bond donors (Lipinski definition) is 14. The van der Waals surface area contributed by atoms with Crippen LogP contribution < -0.4 is 0 Å². The standard InChI is InChI=1S/C43H66N18O28.C13H15N15.C10H12N6.3CH4/c1-2-9-30-16(62)23(69)37(76-9)84-31-10(3-50-56-44)78-39(25(71)18(31)64)86-33-12(5-52-58-46)80-41(27(73)20(33)66)88-35-14(7-54-60-48)82-43(29(75)22(35)68)89-36-15(8-55-61-49)81-42(28(74)21(36)67)87-34-13(6-53-59-47)79-40(26(72)19(34)65)85-32-11(4-51-57-45)77-38(83-30)24(70)17(32)63;1-2-8-9(3-19-24-14)11(5-21-26-16)13(7-23-28-18)12(6-22-27-17)10(8)4-20-25-15;1-2-8-3-9(6-13-15-11)5-10(4-8)7-14-16-12;;;/h9-43,62-75H,2-8H2,1H3;2-7H2,1H3;3-5H,2,6-7H2,1H3;3*1H4. The largest absolute Gasteiger partial charge is 0.387 e. The van der Waals surface area contributed by atoms with Crippen LogP contribution in [0.1, 0.15) is 99.5 Å². The summed E-state index contributed by atoms with van der Waals surface area (Å²) in [6, 6.07) is 5.88. The number of azide groups is 13. The number of aliphatic hydroxyl groups is 14. The first kappa shape index (κ1) is 115. The average molecular weight is 1930 g/mol. The van der Waals surface area contributed by atoms with Gasteiger partial charge in [-0.2, -0.15) is 0 Å². The van der Waals surface area contributed by atoms with Crippen molar-refractivity contribution in [3.05, 3.63) is 204 Å². The lowest BCUT2D eigenvalue weighted by atomic mass is 9.85. The van der Waals surface area contributed by atoms with E-state index in [0.717, 1.165) is 28.7 Å². The molecule has 35 atom stereocenters. The zero-order valence-corrected chi connectivity index (χ0v) is 70.2. The van der Waals surface area contributed by atoms with Gasteiger partial charge in [0.1, 0.15) is 128 Å². The molecule has 0 aromatic heterocycles. The Balaban J connectivity index is 0.000000568. The predicted molar refractivity (Wildman–Crippen MR) is 455 cm³/mol. The molecule has 67 heteroatoms. The Morgan fingerprint density at radius 1 is 0.206 bits per heavy atom. The monoisotopic (exact) mass is 1930 g/mol. The van der Waals surface area contributed by atoms with Gasteiger partial charge in [-0.1, -0.05) is 128 Å². The van der Waals surface area contributed by atoms with Gasteiger partial charge < -0.3 is 138 Å². The topological polar surface area (TPSA) is 1050 Å². The molecule has 744 valence electrons. The smallest absolute Gasteiger partial charge is 0.187 e. The first-order valence-electron chi connectivity index (χ1n) is 40.3. The summed E-state index contributed by atoms with van der Waals surface area (Å²) < 4.78 is 82.8. The zero-order chi connectivity index (χ0) is 97.1. The van der Waals surface area contributed by atoms with E-state index in [9.17, 15) is 105 Å². The summed E-state index contributed by atoms with van der Waals surface area (Å²) in [6.45, 7) is 1.11. The summed E-state index contributed by atoms with van der Waals surface area (Å²) in [5.74, 6) is 0. The van der Waals surface area contributed by atoms with Gasteiger partial charge in [0.25, 0.3) is 0 Å². The molecule has 67 nitrogen and oxygen atoms in total. The fourth-order valence-corrected chi connectivity index (χ4v) is 15.7. The molecule has 21 saturated heterocycles. The van der Waals surface area contributed by atoms with Crippen molar-refractivity contribution >= 4 is 0 Å². The molecule has 2 aromatic carbocycles. The van der Waals surface area contributed by atoms with Crippen LogP contribution in [0.5, 0.6) is 0 Å². The highest BCUT2D eigenvalue weighted by atomic mass is 16.8. The van der Waals surface area contributed by atoms with Crippen molar-refractivity contribution in [1.82, 2.24) is 0 Å². The molecule has 21 fully saturated rings. The molecule has 0 spiro atoms. The van der Waals surface area contributed by atoms with E-state index in [0.29, 0.717) is 47.3 Å². The van der Waals surface area contributed by atoms with E-state index in [2.05, 4.69) is 130 Å². The number of hydrogen-bond acceptors (Lipinski definition) is 41. The van der Waals surface area contributed by atoms with Gasteiger partial charge in [-0.25, -0.2) is 0 Å². The van der Waals surface area contributed by atoms with Crippen molar-refractivity contribution in [1.29, 1.82) is 0 Å². The maximum Gasteiger partial charge on any atom is 0.187 e. The summed E-state index contributed by atoms with van der Waals surface area (Å²) in [4.78, 5) is 35.3. The molecule has 14 bridgehead atoms. The summed E-state index contributed by atoms with van der Waals surface area (Å²) in [7, 11) is 0. The molecule has 23 rings (SSSR count). The van der Waals surface area contributed by atoms with Crippen molar-refractivity contribution in [2.24, 2.45) is 66.5 Å². The second kappa shape index (κ2) is 57.4. The second-order valence-corrected chi connectivity index (χ2v) is 29.7. The minimum atomic E-state index is -2.29. The average Bonchev–Trinajstić information content (AvgIpc) is 0.827. The van der Waals surface area contributed by atoms with Crippen molar-refractivity contribution in [2.75, 3.05) is 39.3 Å². The molecule has 35 unspecified atom stereocenters. The van der Waals surface area contributed by atoms with Gasteiger partial charge in [0.2, 0.25) is 0 Å². The first-order chi connectivity index (χ1) is 64.1. The molecule has 14 N–H and O–H groups in total. The molecule has 136 heavy (non-hydrogen) atoms. The Morgan fingerprint density at radius 2 is 0.368 bits per heavy atom. The lowest BCUT2D eigenvalue weighted by molar-refractivity contribution is -0.392. The lowest BCUT2D eigenvalue weighted by Gasteiger charge is -2.50. The Kier molecular flexibility index (Phi) is 48.5. The number of benzene rings is 2. The third kappa shape index (κ3) is 28.7. The van der Waals surface area contributed by atoms with Crippen molar-refractivity contribution in [3.8, 4) is 0 Å². The summed E-state index contributed by atoms with van der Waals surface area (Å²) >= 11 is 0. The first-order valence-corrected chi connectivity index (χ1v) is 40.3. The van der Waals surface area contributed by atoms with Gasteiger partial charge >= 0.3 is 0 Å². The Bertz CT molecular complexity index is 4760. The van der Waals surface area contributed by atoms with E-state index in [4.69, 9.17) is 105 Å². The normalized spacial score (nSPS) is 34.8. The maximum absolute atomic E-state index is 11.7. The van der Waals surface area contributed by atoms with Gasteiger partial charge in [0.05, 0.1) is 128 Å². The van der Waals surface area contributed by atoms with Crippen LogP contribution in [0.4, 0.5) is 0 Å². The molecular formula is C69H105N39O28. The third-order valence-electron chi connectivity index (χ3n) is 22.0. The lowest BCUT2D eigenvalue weighted by Crippen LogP contribution is -2.68. The van der Waals surface area contributed by atoms with Crippen LogP contribution >= 0.6 is 0 Å². The van der Waals surface area contributed by atoms with Crippen LogP contribution in [0.15, 0.2) is 84.7 Å². The molecule has 21 aliphatic heterocycles. The van der Waals surface area contributed by atoms with Crippen LogP contribution in [0.3, 0.4) is 0 Å². The van der Waals surface area contributed by atoms with Gasteiger partial charge in [-0.15, -0.1) is 0 Å². The van der Waals surface area contributed by atoms with Crippen LogP contribution in [0, 0.1) is 0 Å². The van der Waals surface area contributed by atoms with Gasteiger partial charge in [0, 0.05) is 63.9 Å². The summed E-state index contributed by atoms with van der Waals surface area (Å²) in [6.07, 6.45) is -69.3. The number of aliphatic hydroxyl groups excluding tert-OH is 14. The highest BCUT2D eigenvalue weighted by molar-refractivity contribution is 5.53. The summed E-state index contributed by atoms with van der Waals surface area (Å²) in [5.41, 5.74) is 123. The van der Waals surface area contributed by atoms with Crippen LogP contribution in [0.25, 0.3) is 136 Å². The highest BCUT2D eigenvalue weighted by Gasteiger charge is 2.60. The molecule has 0 amide bonds. The highest BCUT2D eigenvalue weighted by Crippen LogP contribution is 2.42. The molecule has 2 aromatic rings. The van der Waals surface area contributed by atoms with E-state index < -0.39 is 254 Å². The predicted octanol–water partition coefficient (Wildman–Crippen LogP) is 6.17. The van der Waals surface area contributed by atoms with Gasteiger partial charge in [-0.3, -0.25) is 0 Å². The van der Waals surface area contributed by atoms with E-state index in [1.54, 1.807) is 0 Å². The van der Waals surface area contributed by atoms with E-state index in [-0.39, 0.29) is 61.4 Å². The SMILES string of the molecule is C.C.C.CCC1OC2OC3C(CN=[N+]=[N-])OC(OC4C(CN=[N+]=[N-])OC(OC5C(CN=[N+]=[N-])OC(OC6C(CN=[N+]=[N-])OC(OC7C(CN=[N+]=[N-])OC(OC8C(CN=[N+]=[N-])OC(OC1C(O)C2O)C(O)C8O)C(O)C7O)C(O)C6O)C(O)C5O)C(O)C4O)C(O)C3O.CCc1c(CN=[N+]=[N-])c(CN=[N+]=[N-])c(CN=[N+]=[N-])c(CN=[N+]=[N-])c1CN=[N+]=[N-].CCc1cc(CN=[N+]=[N-])cc(CN=[N+]=[N-])c1. The number of ether oxygens (including phenoxy) is 14. The van der Waals surface area contributed by atoms with Crippen molar-refractivity contribution in [3.63, 3.8) is 0 Å². The Labute approximate surface area is 768 Å². The van der Waals surface area contributed by atoms with E-state index in [1.165, 1.54) is 6.92 Å². The molecule has 21 aliphatic rings. The fourth-order valence-electron chi connectivity index (χ4n) is 15.7. The maximum atomic E-state index is 11.7. The zero-order valence-electron chi connectivity index (χ0n) is 70.2. The number of aryl methyl sites for hydroxylation is 1. The van der Waals surface area contributed by atoms with Gasteiger partial charge in [-0.05, 0) is 141 Å². The molecule has 21 heterocycles. The molecule has 0 radical (unpaired) electrons. The van der Waals surface area contributed by atoms with Crippen LogP contribution in [-0.2, 0) is 125 Å². The van der Waals surface area contributed by atoms with E-state index >= 15 is 0 Å². The van der Waals surface area contributed by atoms with Crippen molar-refractivity contribution in [2.45, 2.75) is 323 Å². The Hall–Kier alpha value is -11.6. The Morgan fingerprint density at radius 3 is 0.537 bits per heavy atom. The minimum Gasteiger partial charge on any atom is -0.387 e. The molecule has 0 aliphatic carbocycles. The number of nitrogens with zero attached hydrogens (tertiary/aromatic N) is 39. The molecule has 0 saturated carbocycles. The van der Waals surface area contributed by atoms with Crippen molar-refractivity contribution < 1.29 is 138 Å². The molecular weight excluding hydrogens is 1820 g/mol. The quantitative estimate of drug-likeness (QED) is 0.0246. The van der Waals surface area contributed by atoms with Crippen LogP contribution in [0.2, 0.25) is 0 Å². The van der Waals surface area contributed by atoms with E-state index in [1.807, 2.05) is 32.0 Å². The van der Waals surface area contributed by atoms with Gasteiger partial charge in [0.15, 0.2) is 44.0 Å². The minimum absolute atomic E-state index is 0. The van der Waals surface area contributed by atoms with Crippen LogP contribution in [-0.4, -0.2) is 326 Å². The number of rotatable bonds is 29. The fraction of sp³-hybridized carbons (Fsp3) is 0.826. The third-order valence-corrected chi connectivity index (χ3v) is 22.0. The summed E-state index contributed by atoms with van der Waals surface area (Å²) in [5, 5.41) is 208. The second-order valence-electron chi connectivity index (χ2n) is 29.7.